The van der Waals surface area contributed by atoms with Crippen molar-refractivity contribution in [3.8, 4) is 0 Å². The van der Waals surface area contributed by atoms with Gasteiger partial charge in [0.05, 0.1) is 0 Å². The van der Waals surface area contributed by atoms with Gasteiger partial charge in [-0.25, -0.2) is 0 Å². The number of amides is 1. The topological polar surface area (TPSA) is 49.3 Å². The molecule has 0 spiro atoms. The molecular weight excluding hydrogens is 250 g/mol. The zero-order valence-corrected chi connectivity index (χ0v) is 13.3. The maximum atomic E-state index is 12.2. The van der Waals surface area contributed by atoms with Crippen LogP contribution in [0.1, 0.15) is 59.3 Å². The third-order valence-electron chi connectivity index (χ3n) is 4.39. The van der Waals surface area contributed by atoms with Crippen LogP contribution in [-0.2, 0) is 4.79 Å². The standard InChI is InChI=1S/C17H31NO2/c1-5-8-13(4)15(11-12(2)3)16(19)17(20)18-14-9-6-7-10-14/h5,12-16,19H,1,6-11H2,2-4H3,(H,18,20)/t13?,15-,16?/m1/s1. The van der Waals surface area contributed by atoms with Gasteiger partial charge in [-0.15, -0.1) is 6.58 Å². The monoisotopic (exact) mass is 281 g/mol. The smallest absolute Gasteiger partial charge is 0.249 e. The molecule has 0 aromatic carbocycles. The molecule has 1 amide bonds. The van der Waals surface area contributed by atoms with Crippen LogP contribution < -0.4 is 5.32 Å². The number of hydrogen-bond donors (Lipinski definition) is 2. The first-order chi connectivity index (χ1) is 9.45. The number of aliphatic hydroxyl groups is 1. The Morgan fingerprint density at radius 3 is 2.45 bits per heavy atom. The summed E-state index contributed by atoms with van der Waals surface area (Å²) in [5.74, 6) is 0.577. The van der Waals surface area contributed by atoms with Crippen molar-refractivity contribution in [3.63, 3.8) is 0 Å². The van der Waals surface area contributed by atoms with Crippen molar-refractivity contribution in [1.29, 1.82) is 0 Å². The van der Waals surface area contributed by atoms with E-state index in [1.54, 1.807) is 0 Å². The van der Waals surface area contributed by atoms with Crippen LogP contribution in [-0.4, -0.2) is 23.2 Å². The molecule has 1 aliphatic rings. The SMILES string of the molecule is C=CCC(C)[C@@H](CC(C)C)C(O)C(=O)NC1CCCC1. The molecule has 1 fully saturated rings. The molecule has 3 heteroatoms. The molecule has 1 aliphatic carbocycles. The van der Waals surface area contributed by atoms with E-state index < -0.39 is 6.10 Å². The Kier molecular flexibility index (Phi) is 7.28. The van der Waals surface area contributed by atoms with Crippen molar-refractivity contribution in [1.82, 2.24) is 5.32 Å². The van der Waals surface area contributed by atoms with Gasteiger partial charge in [-0.2, -0.15) is 0 Å². The van der Waals surface area contributed by atoms with E-state index in [2.05, 4.69) is 32.7 Å². The van der Waals surface area contributed by atoms with Gasteiger partial charge in [-0.1, -0.05) is 39.7 Å². The fourth-order valence-corrected chi connectivity index (χ4v) is 3.21. The Morgan fingerprint density at radius 2 is 1.95 bits per heavy atom. The van der Waals surface area contributed by atoms with Gasteiger partial charge >= 0.3 is 0 Å². The Balaban J connectivity index is 2.61. The predicted molar refractivity (Wildman–Crippen MR) is 83.3 cm³/mol. The summed E-state index contributed by atoms with van der Waals surface area (Å²) in [6.07, 6.45) is 7.16. The fourth-order valence-electron chi connectivity index (χ4n) is 3.21. The highest BCUT2D eigenvalue weighted by Crippen LogP contribution is 2.27. The Morgan fingerprint density at radius 1 is 1.35 bits per heavy atom. The number of nitrogens with one attached hydrogen (secondary N) is 1. The molecule has 0 aliphatic heterocycles. The highest BCUT2D eigenvalue weighted by Gasteiger charge is 2.32. The maximum absolute atomic E-state index is 12.2. The second-order valence-electron chi connectivity index (χ2n) is 6.73. The molecule has 0 aromatic heterocycles. The number of aliphatic hydroxyl groups excluding tert-OH is 1. The zero-order chi connectivity index (χ0) is 15.1. The van der Waals surface area contributed by atoms with Crippen molar-refractivity contribution in [2.75, 3.05) is 0 Å². The van der Waals surface area contributed by atoms with Crippen LogP contribution in [0.4, 0.5) is 0 Å². The van der Waals surface area contributed by atoms with E-state index in [4.69, 9.17) is 0 Å². The first-order valence-electron chi connectivity index (χ1n) is 8.05. The summed E-state index contributed by atoms with van der Waals surface area (Å²) >= 11 is 0. The van der Waals surface area contributed by atoms with Gasteiger partial charge < -0.3 is 10.4 Å². The summed E-state index contributed by atoms with van der Waals surface area (Å²) in [7, 11) is 0. The number of hydrogen-bond acceptors (Lipinski definition) is 2. The van der Waals surface area contributed by atoms with Crippen LogP contribution in [0.25, 0.3) is 0 Å². The van der Waals surface area contributed by atoms with E-state index >= 15 is 0 Å². The molecule has 0 saturated heterocycles. The minimum absolute atomic E-state index is 0.00871. The van der Waals surface area contributed by atoms with E-state index in [-0.39, 0.29) is 23.8 Å². The first kappa shape index (κ1) is 17.2. The van der Waals surface area contributed by atoms with Gasteiger partial charge in [0.1, 0.15) is 6.10 Å². The highest BCUT2D eigenvalue weighted by atomic mass is 16.3. The van der Waals surface area contributed by atoms with Crippen molar-refractivity contribution in [2.24, 2.45) is 17.8 Å². The van der Waals surface area contributed by atoms with E-state index in [0.29, 0.717) is 5.92 Å². The molecule has 0 bridgehead atoms. The van der Waals surface area contributed by atoms with Gasteiger partial charge in [0.25, 0.3) is 0 Å². The molecule has 2 unspecified atom stereocenters. The number of carbonyl (C=O) groups is 1. The largest absolute Gasteiger partial charge is 0.383 e. The van der Waals surface area contributed by atoms with Gasteiger partial charge in [0.2, 0.25) is 5.91 Å². The summed E-state index contributed by atoms with van der Waals surface area (Å²) in [5, 5.41) is 13.5. The van der Waals surface area contributed by atoms with E-state index in [0.717, 1.165) is 25.7 Å². The normalized spacial score (nSPS) is 20.6. The van der Waals surface area contributed by atoms with Crippen LogP contribution in [0, 0.1) is 17.8 Å². The average molecular weight is 281 g/mol. The molecule has 0 aromatic rings. The Labute approximate surface area is 123 Å². The van der Waals surface area contributed by atoms with Crippen LogP contribution >= 0.6 is 0 Å². The summed E-state index contributed by atoms with van der Waals surface area (Å²) in [5.41, 5.74) is 0. The fraction of sp³-hybridized carbons (Fsp3) is 0.824. The highest BCUT2D eigenvalue weighted by molar-refractivity contribution is 5.81. The minimum Gasteiger partial charge on any atom is -0.383 e. The molecular formula is C17H31NO2. The second kappa shape index (κ2) is 8.46. The molecule has 3 nitrogen and oxygen atoms in total. The third kappa shape index (κ3) is 5.28. The lowest BCUT2D eigenvalue weighted by Gasteiger charge is -2.29. The molecule has 1 saturated carbocycles. The van der Waals surface area contributed by atoms with Crippen molar-refractivity contribution >= 4 is 5.91 Å². The quantitative estimate of drug-likeness (QED) is 0.671. The Hall–Kier alpha value is -0.830. The lowest BCUT2D eigenvalue weighted by atomic mass is 9.80. The lowest BCUT2D eigenvalue weighted by Crippen LogP contribution is -2.45. The summed E-state index contributed by atoms with van der Waals surface area (Å²) < 4.78 is 0. The van der Waals surface area contributed by atoms with Gasteiger partial charge in [0, 0.05) is 6.04 Å². The maximum Gasteiger partial charge on any atom is 0.249 e. The first-order valence-corrected chi connectivity index (χ1v) is 8.05. The zero-order valence-electron chi connectivity index (χ0n) is 13.3. The van der Waals surface area contributed by atoms with E-state index in [1.165, 1.54) is 12.8 Å². The van der Waals surface area contributed by atoms with Crippen molar-refractivity contribution < 1.29 is 9.90 Å². The van der Waals surface area contributed by atoms with Crippen LogP contribution in [0.15, 0.2) is 12.7 Å². The molecule has 0 radical (unpaired) electrons. The number of allylic oxidation sites excluding steroid dienone is 1. The molecule has 116 valence electrons. The van der Waals surface area contributed by atoms with E-state index in [9.17, 15) is 9.90 Å². The number of rotatable bonds is 8. The van der Waals surface area contributed by atoms with Crippen LogP contribution in [0.2, 0.25) is 0 Å². The summed E-state index contributed by atoms with van der Waals surface area (Å²) in [6, 6.07) is 0.270. The Bertz CT molecular complexity index is 308. The van der Waals surface area contributed by atoms with Crippen LogP contribution in [0.5, 0.6) is 0 Å². The molecule has 2 N–H and O–H groups in total. The van der Waals surface area contributed by atoms with Crippen LogP contribution in [0.3, 0.4) is 0 Å². The van der Waals surface area contributed by atoms with Crippen molar-refractivity contribution in [3.05, 3.63) is 12.7 Å². The van der Waals surface area contributed by atoms with Crippen molar-refractivity contribution in [2.45, 2.75) is 71.4 Å². The molecule has 0 heterocycles. The van der Waals surface area contributed by atoms with Gasteiger partial charge in [0.15, 0.2) is 0 Å². The molecule has 1 rings (SSSR count). The van der Waals surface area contributed by atoms with Gasteiger partial charge in [-0.3, -0.25) is 4.79 Å². The minimum atomic E-state index is -0.895. The summed E-state index contributed by atoms with van der Waals surface area (Å²) in [4.78, 5) is 12.2. The molecule has 20 heavy (non-hydrogen) atoms. The number of carbonyl (C=O) groups excluding carboxylic acids is 1. The predicted octanol–water partition coefficient (Wildman–Crippen LogP) is 3.28. The molecule has 3 atom stereocenters. The lowest BCUT2D eigenvalue weighted by molar-refractivity contribution is -0.134. The third-order valence-corrected chi connectivity index (χ3v) is 4.39. The van der Waals surface area contributed by atoms with E-state index in [1.807, 2.05) is 6.08 Å². The average Bonchev–Trinajstić information content (AvgIpc) is 2.87. The van der Waals surface area contributed by atoms with Gasteiger partial charge in [-0.05, 0) is 43.4 Å². The second-order valence-corrected chi connectivity index (χ2v) is 6.73. The summed E-state index contributed by atoms with van der Waals surface area (Å²) in [6.45, 7) is 10.1.